The van der Waals surface area contributed by atoms with Crippen LogP contribution in [0.2, 0.25) is 0 Å². The summed E-state index contributed by atoms with van der Waals surface area (Å²) in [6.07, 6.45) is 3.00. The van der Waals surface area contributed by atoms with Gasteiger partial charge >= 0.3 is 0 Å². The first-order valence-corrected chi connectivity index (χ1v) is 6.74. The maximum atomic E-state index is 5.94. The quantitative estimate of drug-likeness (QED) is 0.894. The predicted molar refractivity (Wildman–Crippen MR) is 78.7 cm³/mol. The van der Waals surface area contributed by atoms with Gasteiger partial charge in [-0.1, -0.05) is 18.2 Å². The van der Waals surface area contributed by atoms with Gasteiger partial charge in [-0.2, -0.15) is 0 Å². The minimum atomic E-state index is 0.0346. The lowest BCUT2D eigenvalue weighted by Crippen LogP contribution is -2.16. The van der Waals surface area contributed by atoms with Crippen LogP contribution in [0.25, 0.3) is 0 Å². The van der Waals surface area contributed by atoms with Crippen molar-refractivity contribution in [2.45, 2.75) is 26.3 Å². The van der Waals surface area contributed by atoms with E-state index >= 15 is 0 Å². The Morgan fingerprint density at radius 1 is 1.32 bits per heavy atom. The molecule has 1 aromatic carbocycles. The lowest BCUT2D eigenvalue weighted by Gasteiger charge is -2.20. The smallest absolute Gasteiger partial charge is 0.133 e. The molecule has 19 heavy (non-hydrogen) atoms. The van der Waals surface area contributed by atoms with Crippen molar-refractivity contribution in [1.82, 2.24) is 4.98 Å². The summed E-state index contributed by atoms with van der Waals surface area (Å²) in [5.74, 6) is 1.02. The summed E-state index contributed by atoms with van der Waals surface area (Å²) in [6, 6.07) is 10.7. The van der Waals surface area contributed by atoms with Crippen LogP contribution >= 0.6 is 0 Å². The van der Waals surface area contributed by atoms with E-state index in [4.69, 9.17) is 5.73 Å². The molecule has 1 atom stereocenters. The molecule has 1 aliphatic heterocycles. The number of hydrogen-bond donors (Lipinski definition) is 1. The molecule has 0 bridgehead atoms. The van der Waals surface area contributed by atoms with Crippen LogP contribution in [0, 0.1) is 6.92 Å². The molecule has 98 valence electrons. The Bertz CT molecular complexity index is 605. The van der Waals surface area contributed by atoms with E-state index < -0.39 is 0 Å². The summed E-state index contributed by atoms with van der Waals surface area (Å²) in [4.78, 5) is 6.87. The van der Waals surface area contributed by atoms with Gasteiger partial charge < -0.3 is 10.6 Å². The number of hydrogen-bond acceptors (Lipinski definition) is 3. The van der Waals surface area contributed by atoms with Crippen molar-refractivity contribution in [3.8, 4) is 0 Å². The van der Waals surface area contributed by atoms with Crippen molar-refractivity contribution in [1.29, 1.82) is 0 Å². The van der Waals surface area contributed by atoms with Gasteiger partial charge in [-0.15, -0.1) is 0 Å². The predicted octanol–water partition coefficient (Wildman–Crippen LogP) is 3.10. The van der Waals surface area contributed by atoms with Crippen LogP contribution in [-0.4, -0.2) is 11.5 Å². The van der Waals surface area contributed by atoms with Crippen LogP contribution in [0.1, 0.15) is 29.7 Å². The summed E-state index contributed by atoms with van der Waals surface area (Å²) >= 11 is 0. The van der Waals surface area contributed by atoms with Gasteiger partial charge in [0.05, 0.1) is 0 Å². The maximum Gasteiger partial charge on any atom is 0.133 e. The van der Waals surface area contributed by atoms with Crippen molar-refractivity contribution < 1.29 is 0 Å². The van der Waals surface area contributed by atoms with Gasteiger partial charge in [-0.05, 0) is 49.1 Å². The van der Waals surface area contributed by atoms with E-state index in [0.717, 1.165) is 24.3 Å². The van der Waals surface area contributed by atoms with Crippen molar-refractivity contribution in [2.75, 3.05) is 11.4 Å². The monoisotopic (exact) mass is 253 g/mol. The Kier molecular flexibility index (Phi) is 2.99. The van der Waals surface area contributed by atoms with Crippen LogP contribution in [-0.2, 0) is 6.42 Å². The lowest BCUT2D eigenvalue weighted by molar-refractivity contribution is 0.801. The summed E-state index contributed by atoms with van der Waals surface area (Å²) in [5, 5.41) is 0. The fourth-order valence-corrected chi connectivity index (χ4v) is 2.75. The Balaban J connectivity index is 1.99. The van der Waals surface area contributed by atoms with E-state index in [1.807, 2.05) is 13.1 Å². The third-order valence-electron chi connectivity index (χ3n) is 3.79. The number of anilines is 2. The fraction of sp³-hybridized carbons (Fsp3) is 0.312. The van der Waals surface area contributed by atoms with E-state index in [1.54, 1.807) is 0 Å². The summed E-state index contributed by atoms with van der Waals surface area (Å²) < 4.78 is 0. The fourth-order valence-electron chi connectivity index (χ4n) is 2.75. The standard InChI is InChI=1S/C16H19N3/c1-11-9-16(18-10-14(11)12(2)17)19-8-7-13-5-3-4-6-15(13)19/h3-6,9-10,12H,7-8,17H2,1-2H3. The maximum absolute atomic E-state index is 5.94. The molecule has 0 fully saturated rings. The second-order valence-corrected chi connectivity index (χ2v) is 5.22. The second-order valence-electron chi connectivity index (χ2n) is 5.22. The second kappa shape index (κ2) is 4.67. The van der Waals surface area contributed by atoms with Crippen molar-refractivity contribution >= 4 is 11.5 Å². The van der Waals surface area contributed by atoms with Crippen LogP contribution in [0.3, 0.4) is 0 Å². The van der Waals surface area contributed by atoms with Gasteiger partial charge in [0, 0.05) is 24.5 Å². The topological polar surface area (TPSA) is 42.2 Å². The highest BCUT2D eigenvalue weighted by Gasteiger charge is 2.21. The number of aryl methyl sites for hydroxylation is 1. The Morgan fingerprint density at radius 3 is 2.84 bits per heavy atom. The number of rotatable bonds is 2. The van der Waals surface area contributed by atoms with Crippen LogP contribution in [0.5, 0.6) is 0 Å². The number of para-hydroxylation sites is 1. The average molecular weight is 253 g/mol. The molecule has 2 heterocycles. The average Bonchev–Trinajstić information content (AvgIpc) is 2.82. The summed E-state index contributed by atoms with van der Waals surface area (Å²) in [7, 11) is 0. The summed E-state index contributed by atoms with van der Waals surface area (Å²) in [6.45, 7) is 5.10. The number of nitrogens with two attached hydrogens (primary N) is 1. The highest BCUT2D eigenvalue weighted by molar-refractivity contribution is 5.67. The number of aromatic nitrogens is 1. The first-order valence-electron chi connectivity index (χ1n) is 6.74. The van der Waals surface area contributed by atoms with Gasteiger partial charge in [-0.25, -0.2) is 4.98 Å². The number of nitrogens with zero attached hydrogens (tertiary/aromatic N) is 2. The van der Waals surface area contributed by atoms with Crippen molar-refractivity contribution in [2.24, 2.45) is 5.73 Å². The van der Waals surface area contributed by atoms with E-state index in [1.165, 1.54) is 16.8 Å². The zero-order valence-corrected chi connectivity index (χ0v) is 11.4. The SMILES string of the molecule is Cc1cc(N2CCc3ccccc32)ncc1C(C)N. The lowest BCUT2D eigenvalue weighted by atomic mass is 10.1. The number of benzene rings is 1. The van der Waals surface area contributed by atoms with E-state index in [-0.39, 0.29) is 6.04 Å². The van der Waals surface area contributed by atoms with E-state index in [2.05, 4.69) is 47.1 Å². The summed E-state index contributed by atoms with van der Waals surface area (Å²) in [5.41, 5.74) is 11.0. The Labute approximate surface area is 114 Å². The zero-order valence-electron chi connectivity index (χ0n) is 11.4. The molecular formula is C16H19N3. The molecule has 0 spiro atoms. The Morgan fingerprint density at radius 2 is 2.11 bits per heavy atom. The molecule has 3 rings (SSSR count). The zero-order chi connectivity index (χ0) is 13.4. The molecule has 0 amide bonds. The largest absolute Gasteiger partial charge is 0.326 e. The molecule has 0 radical (unpaired) electrons. The van der Waals surface area contributed by atoms with Crippen LogP contribution in [0.15, 0.2) is 36.5 Å². The molecule has 2 aromatic rings. The van der Waals surface area contributed by atoms with Gasteiger partial charge in [-0.3, -0.25) is 0 Å². The van der Waals surface area contributed by atoms with Gasteiger partial charge in [0.15, 0.2) is 0 Å². The highest BCUT2D eigenvalue weighted by atomic mass is 15.2. The first kappa shape index (κ1) is 12.2. The molecule has 1 aromatic heterocycles. The minimum Gasteiger partial charge on any atom is -0.326 e. The van der Waals surface area contributed by atoms with Gasteiger partial charge in [0.25, 0.3) is 0 Å². The third kappa shape index (κ3) is 2.10. The molecule has 1 unspecified atom stereocenters. The van der Waals surface area contributed by atoms with Crippen LogP contribution in [0.4, 0.5) is 11.5 Å². The minimum absolute atomic E-state index is 0.0346. The third-order valence-corrected chi connectivity index (χ3v) is 3.79. The number of fused-ring (bicyclic) bond motifs is 1. The normalized spacial score (nSPS) is 15.4. The molecule has 1 aliphatic rings. The molecular weight excluding hydrogens is 234 g/mol. The van der Waals surface area contributed by atoms with E-state index in [0.29, 0.717) is 0 Å². The van der Waals surface area contributed by atoms with Crippen molar-refractivity contribution in [3.63, 3.8) is 0 Å². The van der Waals surface area contributed by atoms with Gasteiger partial charge in [0.1, 0.15) is 5.82 Å². The molecule has 0 saturated carbocycles. The number of pyridine rings is 1. The molecule has 2 N–H and O–H groups in total. The highest BCUT2D eigenvalue weighted by Crippen LogP contribution is 2.33. The molecule has 0 saturated heterocycles. The molecule has 3 heteroatoms. The first-order chi connectivity index (χ1) is 9.16. The molecule has 0 aliphatic carbocycles. The van der Waals surface area contributed by atoms with Crippen LogP contribution < -0.4 is 10.6 Å². The van der Waals surface area contributed by atoms with Crippen molar-refractivity contribution in [3.05, 3.63) is 53.2 Å². The molecule has 3 nitrogen and oxygen atoms in total. The van der Waals surface area contributed by atoms with E-state index in [9.17, 15) is 0 Å². The Hall–Kier alpha value is -1.87. The van der Waals surface area contributed by atoms with Gasteiger partial charge in [0.2, 0.25) is 0 Å².